The number of nitrogens with one attached hydrogen (secondary N) is 2. The number of aromatic nitrogens is 1. The third kappa shape index (κ3) is 7.30. The van der Waals surface area contributed by atoms with Crippen molar-refractivity contribution in [2.75, 3.05) is 39.1 Å². The maximum Gasteiger partial charge on any atom is 0.191 e. The number of rotatable bonds is 9. The highest BCUT2D eigenvalue weighted by molar-refractivity contribution is 5.79. The zero-order valence-corrected chi connectivity index (χ0v) is 17.0. The summed E-state index contributed by atoms with van der Waals surface area (Å²) in [6, 6.07) is 5.21. The van der Waals surface area contributed by atoms with E-state index in [1.807, 2.05) is 31.3 Å². The third-order valence-corrected chi connectivity index (χ3v) is 4.17. The van der Waals surface area contributed by atoms with Gasteiger partial charge in [0.1, 0.15) is 5.82 Å². The highest BCUT2D eigenvalue weighted by Gasteiger charge is 2.12. The molecule has 6 heteroatoms. The van der Waals surface area contributed by atoms with Crippen molar-refractivity contribution in [1.29, 1.82) is 0 Å². The Morgan fingerprint density at radius 1 is 1.16 bits per heavy atom. The van der Waals surface area contributed by atoms with Crippen LogP contribution in [0, 0.1) is 0 Å². The lowest BCUT2D eigenvalue weighted by molar-refractivity contribution is 0.173. The van der Waals surface area contributed by atoms with E-state index in [2.05, 4.69) is 59.3 Å². The fraction of sp³-hybridized carbons (Fsp3) is 0.684. The molecule has 0 atom stereocenters. The van der Waals surface area contributed by atoms with E-state index in [0.717, 1.165) is 36.9 Å². The monoisotopic (exact) mass is 348 g/mol. The summed E-state index contributed by atoms with van der Waals surface area (Å²) in [4.78, 5) is 13.3. The summed E-state index contributed by atoms with van der Waals surface area (Å²) in [7, 11) is 5.82. The van der Waals surface area contributed by atoms with Gasteiger partial charge in [0.05, 0.1) is 0 Å². The first-order valence-electron chi connectivity index (χ1n) is 9.18. The van der Waals surface area contributed by atoms with Gasteiger partial charge in [0.2, 0.25) is 0 Å². The molecule has 0 unspecified atom stereocenters. The summed E-state index contributed by atoms with van der Waals surface area (Å²) in [6.45, 7) is 11.7. The molecule has 25 heavy (non-hydrogen) atoms. The van der Waals surface area contributed by atoms with E-state index in [9.17, 15) is 0 Å². The maximum atomic E-state index is 4.43. The lowest BCUT2D eigenvalue weighted by atomic mass is 10.2. The summed E-state index contributed by atoms with van der Waals surface area (Å²) < 4.78 is 0. The van der Waals surface area contributed by atoms with Crippen LogP contribution in [0.4, 0.5) is 5.82 Å². The second kappa shape index (κ2) is 10.9. The number of nitrogens with zero attached hydrogens (tertiary/aromatic N) is 4. The molecule has 1 aromatic rings. The first-order valence-corrected chi connectivity index (χ1v) is 9.18. The van der Waals surface area contributed by atoms with Gasteiger partial charge in [0, 0.05) is 64.6 Å². The van der Waals surface area contributed by atoms with E-state index in [0.29, 0.717) is 18.6 Å². The van der Waals surface area contributed by atoms with E-state index in [1.54, 1.807) is 7.05 Å². The summed E-state index contributed by atoms with van der Waals surface area (Å²) in [6.07, 6.45) is 2.91. The van der Waals surface area contributed by atoms with Crippen LogP contribution in [0.5, 0.6) is 0 Å². The number of aliphatic imine (C=N–C) groups is 1. The van der Waals surface area contributed by atoms with Crippen molar-refractivity contribution in [3.8, 4) is 0 Å². The van der Waals surface area contributed by atoms with Crippen molar-refractivity contribution in [3.63, 3.8) is 0 Å². The predicted octanol–water partition coefficient (Wildman–Crippen LogP) is 2.32. The summed E-state index contributed by atoms with van der Waals surface area (Å²) >= 11 is 0. The molecule has 0 aliphatic heterocycles. The Balaban J connectivity index is 2.44. The standard InChI is InChI=1S/C19H36N6/c1-15(2)25(16(3)4)13-9-12-22-19(20-5)23-14-17-10-8-11-21-18(17)24(6)7/h8,10-11,15-16H,9,12-14H2,1-7H3,(H2,20,22,23). The van der Waals surface area contributed by atoms with E-state index >= 15 is 0 Å². The zero-order chi connectivity index (χ0) is 18.8. The Bertz CT molecular complexity index is 516. The van der Waals surface area contributed by atoms with Crippen molar-refractivity contribution in [1.82, 2.24) is 20.5 Å². The quantitative estimate of drug-likeness (QED) is 0.407. The number of pyridine rings is 1. The molecule has 1 heterocycles. The van der Waals surface area contributed by atoms with Crippen LogP contribution in [-0.2, 0) is 6.54 Å². The van der Waals surface area contributed by atoms with Gasteiger partial charge >= 0.3 is 0 Å². The molecular formula is C19H36N6. The number of anilines is 1. The van der Waals surface area contributed by atoms with Crippen molar-refractivity contribution in [2.45, 2.75) is 52.7 Å². The van der Waals surface area contributed by atoms with Gasteiger partial charge in [-0.3, -0.25) is 9.89 Å². The molecule has 0 saturated heterocycles. The van der Waals surface area contributed by atoms with Crippen LogP contribution in [0.3, 0.4) is 0 Å². The van der Waals surface area contributed by atoms with Gasteiger partial charge in [-0.05, 0) is 40.2 Å². The van der Waals surface area contributed by atoms with Crippen LogP contribution in [0.2, 0.25) is 0 Å². The molecule has 0 bridgehead atoms. The van der Waals surface area contributed by atoms with E-state index in [-0.39, 0.29) is 0 Å². The Hall–Kier alpha value is -1.82. The van der Waals surface area contributed by atoms with Crippen molar-refractivity contribution in [2.24, 2.45) is 4.99 Å². The SMILES string of the molecule is CN=C(NCCCN(C(C)C)C(C)C)NCc1cccnc1N(C)C. The van der Waals surface area contributed by atoms with Crippen molar-refractivity contribution in [3.05, 3.63) is 23.9 Å². The highest BCUT2D eigenvalue weighted by atomic mass is 15.2. The molecule has 0 fully saturated rings. The van der Waals surface area contributed by atoms with Crippen LogP contribution in [0.1, 0.15) is 39.7 Å². The molecule has 1 rings (SSSR count). The minimum Gasteiger partial charge on any atom is -0.362 e. The Labute approximate surface area is 153 Å². The summed E-state index contributed by atoms with van der Waals surface area (Å²) in [5.74, 6) is 1.81. The molecule has 0 spiro atoms. The normalized spacial score (nSPS) is 12.2. The largest absolute Gasteiger partial charge is 0.362 e. The molecule has 0 aliphatic rings. The van der Waals surface area contributed by atoms with E-state index in [1.165, 1.54) is 0 Å². The average Bonchev–Trinajstić information content (AvgIpc) is 2.56. The Kier molecular flexibility index (Phi) is 9.27. The van der Waals surface area contributed by atoms with Crippen molar-refractivity contribution < 1.29 is 0 Å². The van der Waals surface area contributed by atoms with E-state index in [4.69, 9.17) is 0 Å². The fourth-order valence-corrected chi connectivity index (χ4v) is 2.95. The summed E-state index contributed by atoms with van der Waals surface area (Å²) in [5, 5.41) is 6.77. The van der Waals surface area contributed by atoms with Crippen molar-refractivity contribution >= 4 is 11.8 Å². The smallest absolute Gasteiger partial charge is 0.191 e. The van der Waals surface area contributed by atoms with Crippen LogP contribution in [-0.4, -0.2) is 62.2 Å². The van der Waals surface area contributed by atoms with Crippen LogP contribution >= 0.6 is 0 Å². The topological polar surface area (TPSA) is 55.8 Å². The average molecular weight is 349 g/mol. The molecule has 0 radical (unpaired) electrons. The zero-order valence-electron chi connectivity index (χ0n) is 17.0. The van der Waals surface area contributed by atoms with Gasteiger partial charge in [-0.1, -0.05) is 6.07 Å². The highest BCUT2D eigenvalue weighted by Crippen LogP contribution is 2.13. The second-order valence-corrected chi connectivity index (χ2v) is 7.01. The van der Waals surface area contributed by atoms with Gasteiger partial charge in [-0.2, -0.15) is 0 Å². The van der Waals surface area contributed by atoms with Gasteiger partial charge in [-0.15, -0.1) is 0 Å². The second-order valence-electron chi connectivity index (χ2n) is 7.01. The first kappa shape index (κ1) is 21.2. The Morgan fingerprint density at radius 3 is 2.40 bits per heavy atom. The maximum absolute atomic E-state index is 4.43. The number of hydrogen-bond donors (Lipinski definition) is 2. The van der Waals surface area contributed by atoms with Gasteiger partial charge in [-0.25, -0.2) is 4.98 Å². The molecule has 0 saturated carbocycles. The Morgan fingerprint density at radius 2 is 1.84 bits per heavy atom. The van der Waals surface area contributed by atoms with Crippen LogP contribution in [0.25, 0.3) is 0 Å². The molecule has 1 aromatic heterocycles. The predicted molar refractivity (Wildman–Crippen MR) is 108 cm³/mol. The molecular weight excluding hydrogens is 312 g/mol. The van der Waals surface area contributed by atoms with Gasteiger partial charge in [0.15, 0.2) is 5.96 Å². The van der Waals surface area contributed by atoms with Gasteiger partial charge < -0.3 is 15.5 Å². The van der Waals surface area contributed by atoms with Gasteiger partial charge in [0.25, 0.3) is 0 Å². The minimum atomic E-state index is 0.576. The van der Waals surface area contributed by atoms with E-state index < -0.39 is 0 Å². The van der Waals surface area contributed by atoms with Crippen LogP contribution in [0.15, 0.2) is 23.3 Å². The molecule has 0 aliphatic carbocycles. The molecule has 0 amide bonds. The number of guanidine groups is 1. The number of hydrogen-bond acceptors (Lipinski definition) is 4. The lowest BCUT2D eigenvalue weighted by Crippen LogP contribution is -2.41. The van der Waals surface area contributed by atoms with Crippen LogP contribution < -0.4 is 15.5 Å². The minimum absolute atomic E-state index is 0.576. The molecule has 142 valence electrons. The lowest BCUT2D eigenvalue weighted by Gasteiger charge is -2.30. The third-order valence-electron chi connectivity index (χ3n) is 4.17. The fourth-order valence-electron chi connectivity index (χ4n) is 2.95. The molecule has 2 N–H and O–H groups in total. The summed E-state index contributed by atoms with van der Waals surface area (Å²) in [5.41, 5.74) is 1.15. The molecule has 6 nitrogen and oxygen atoms in total. The first-order chi connectivity index (χ1) is 11.9. The molecule has 0 aromatic carbocycles.